The standard InChI is InChI=1S/C12H15F2NO/c13-12(14)16-11-6-2-5-10(7-11)15-8-9-3-1-4-9/h2,5-7,9,12,15H,1,3-4,8H2. The number of alkyl halides is 2. The van der Waals surface area contributed by atoms with Gasteiger partial charge in [-0.3, -0.25) is 0 Å². The maximum atomic E-state index is 12.0. The fourth-order valence-corrected chi connectivity index (χ4v) is 1.74. The van der Waals surface area contributed by atoms with E-state index < -0.39 is 6.61 Å². The molecule has 1 aliphatic carbocycles. The van der Waals surface area contributed by atoms with Crippen molar-refractivity contribution in [1.29, 1.82) is 0 Å². The van der Waals surface area contributed by atoms with Gasteiger partial charge in [-0.1, -0.05) is 12.5 Å². The quantitative estimate of drug-likeness (QED) is 0.831. The summed E-state index contributed by atoms with van der Waals surface area (Å²) < 4.78 is 28.3. The maximum Gasteiger partial charge on any atom is 0.387 e. The lowest BCUT2D eigenvalue weighted by atomic mass is 9.85. The summed E-state index contributed by atoms with van der Waals surface area (Å²) in [5.41, 5.74) is 0.838. The SMILES string of the molecule is FC(F)Oc1cccc(NCC2CCC2)c1. The summed E-state index contributed by atoms with van der Waals surface area (Å²) in [7, 11) is 0. The molecule has 16 heavy (non-hydrogen) atoms. The summed E-state index contributed by atoms with van der Waals surface area (Å²) in [6.07, 6.45) is 3.83. The van der Waals surface area contributed by atoms with E-state index in [0.717, 1.165) is 18.2 Å². The average molecular weight is 227 g/mol. The van der Waals surface area contributed by atoms with Crippen LogP contribution in [0.3, 0.4) is 0 Å². The van der Waals surface area contributed by atoms with Gasteiger partial charge in [0.05, 0.1) is 0 Å². The number of nitrogens with one attached hydrogen (secondary N) is 1. The smallest absolute Gasteiger partial charge is 0.387 e. The van der Waals surface area contributed by atoms with Crippen LogP contribution in [-0.4, -0.2) is 13.2 Å². The predicted molar refractivity (Wildman–Crippen MR) is 58.9 cm³/mol. The van der Waals surface area contributed by atoms with Crippen molar-refractivity contribution in [3.8, 4) is 5.75 Å². The van der Waals surface area contributed by atoms with Crippen molar-refractivity contribution in [3.05, 3.63) is 24.3 Å². The van der Waals surface area contributed by atoms with Crippen molar-refractivity contribution >= 4 is 5.69 Å². The molecule has 1 aliphatic rings. The first kappa shape index (κ1) is 11.2. The minimum Gasteiger partial charge on any atom is -0.435 e. The summed E-state index contributed by atoms with van der Waals surface area (Å²) in [5, 5.41) is 3.24. The van der Waals surface area contributed by atoms with Crippen LogP contribution in [0.5, 0.6) is 5.75 Å². The number of anilines is 1. The lowest BCUT2D eigenvalue weighted by Crippen LogP contribution is -2.20. The fraction of sp³-hybridized carbons (Fsp3) is 0.500. The molecule has 0 atom stereocenters. The summed E-state index contributed by atoms with van der Waals surface area (Å²) in [6, 6.07) is 6.70. The molecule has 1 aromatic carbocycles. The topological polar surface area (TPSA) is 21.3 Å². The van der Waals surface area contributed by atoms with Crippen molar-refractivity contribution in [2.75, 3.05) is 11.9 Å². The molecule has 0 amide bonds. The van der Waals surface area contributed by atoms with Gasteiger partial charge in [0.15, 0.2) is 0 Å². The van der Waals surface area contributed by atoms with Gasteiger partial charge in [0.25, 0.3) is 0 Å². The van der Waals surface area contributed by atoms with Gasteiger partial charge >= 0.3 is 6.61 Å². The lowest BCUT2D eigenvalue weighted by Gasteiger charge is -2.25. The number of halogens is 2. The van der Waals surface area contributed by atoms with Crippen LogP contribution in [0.2, 0.25) is 0 Å². The normalized spacial score (nSPS) is 15.9. The van der Waals surface area contributed by atoms with E-state index >= 15 is 0 Å². The zero-order chi connectivity index (χ0) is 11.4. The molecule has 0 heterocycles. The van der Waals surface area contributed by atoms with Crippen molar-refractivity contribution in [3.63, 3.8) is 0 Å². The van der Waals surface area contributed by atoms with Gasteiger partial charge in [-0.25, -0.2) is 0 Å². The van der Waals surface area contributed by atoms with E-state index in [1.54, 1.807) is 12.1 Å². The Hall–Kier alpha value is -1.32. The Bertz CT molecular complexity index is 340. The fourth-order valence-electron chi connectivity index (χ4n) is 1.74. The van der Waals surface area contributed by atoms with Gasteiger partial charge in [-0.2, -0.15) is 8.78 Å². The minimum atomic E-state index is -2.76. The second kappa shape index (κ2) is 5.14. The van der Waals surface area contributed by atoms with E-state index in [2.05, 4.69) is 10.1 Å². The molecule has 4 heteroatoms. The number of hydrogen-bond acceptors (Lipinski definition) is 2. The molecule has 0 unspecified atom stereocenters. The first-order valence-corrected chi connectivity index (χ1v) is 5.53. The van der Waals surface area contributed by atoms with Crippen molar-refractivity contribution < 1.29 is 13.5 Å². The first-order valence-electron chi connectivity index (χ1n) is 5.53. The molecule has 1 saturated carbocycles. The molecule has 0 bridgehead atoms. The van der Waals surface area contributed by atoms with E-state index in [0.29, 0.717) is 0 Å². The van der Waals surface area contributed by atoms with Gasteiger partial charge in [0, 0.05) is 18.3 Å². The van der Waals surface area contributed by atoms with Gasteiger partial charge in [-0.15, -0.1) is 0 Å². The second-order valence-electron chi connectivity index (χ2n) is 4.08. The molecule has 2 nitrogen and oxygen atoms in total. The Balaban J connectivity index is 1.87. The third-order valence-corrected chi connectivity index (χ3v) is 2.88. The number of rotatable bonds is 5. The molecular formula is C12H15F2NO. The summed E-state index contributed by atoms with van der Waals surface area (Å²) in [4.78, 5) is 0. The monoisotopic (exact) mass is 227 g/mol. The predicted octanol–water partition coefficient (Wildman–Crippen LogP) is 3.50. The van der Waals surface area contributed by atoms with Crippen molar-refractivity contribution in [2.24, 2.45) is 5.92 Å². The Morgan fingerprint density at radius 2 is 2.19 bits per heavy atom. The molecule has 2 rings (SSSR count). The molecule has 0 aliphatic heterocycles. The number of hydrogen-bond donors (Lipinski definition) is 1. The summed E-state index contributed by atoms with van der Waals surface area (Å²) >= 11 is 0. The van der Waals surface area contributed by atoms with E-state index in [1.807, 2.05) is 6.07 Å². The van der Waals surface area contributed by atoms with Crippen LogP contribution >= 0.6 is 0 Å². The molecular weight excluding hydrogens is 212 g/mol. The highest BCUT2D eigenvalue weighted by Gasteiger charge is 2.16. The zero-order valence-electron chi connectivity index (χ0n) is 8.96. The van der Waals surface area contributed by atoms with Crippen LogP contribution in [0.1, 0.15) is 19.3 Å². The Morgan fingerprint density at radius 3 is 2.81 bits per heavy atom. The molecule has 0 spiro atoms. The molecule has 1 aromatic rings. The second-order valence-corrected chi connectivity index (χ2v) is 4.08. The van der Waals surface area contributed by atoms with Crippen LogP contribution in [-0.2, 0) is 0 Å². The Morgan fingerprint density at radius 1 is 1.38 bits per heavy atom. The van der Waals surface area contributed by atoms with Crippen LogP contribution in [0, 0.1) is 5.92 Å². The van der Waals surface area contributed by atoms with Gasteiger partial charge in [0.1, 0.15) is 5.75 Å². The molecule has 1 fully saturated rings. The molecule has 1 N–H and O–H groups in total. The highest BCUT2D eigenvalue weighted by molar-refractivity contribution is 5.48. The zero-order valence-corrected chi connectivity index (χ0v) is 8.96. The number of ether oxygens (including phenoxy) is 1. The summed E-state index contributed by atoms with van der Waals surface area (Å²) in [6.45, 7) is -1.85. The van der Waals surface area contributed by atoms with Crippen molar-refractivity contribution in [2.45, 2.75) is 25.9 Å². The Kier molecular flexibility index (Phi) is 3.59. The highest BCUT2D eigenvalue weighted by Crippen LogP contribution is 2.27. The molecule has 0 radical (unpaired) electrons. The third kappa shape index (κ3) is 3.08. The molecule has 88 valence electrons. The first-order chi connectivity index (χ1) is 7.74. The van der Waals surface area contributed by atoms with Gasteiger partial charge < -0.3 is 10.1 Å². The van der Waals surface area contributed by atoms with Crippen LogP contribution in [0.4, 0.5) is 14.5 Å². The number of benzene rings is 1. The van der Waals surface area contributed by atoms with E-state index in [1.165, 1.54) is 25.3 Å². The third-order valence-electron chi connectivity index (χ3n) is 2.88. The average Bonchev–Trinajstić information content (AvgIpc) is 2.14. The molecule has 0 aromatic heterocycles. The van der Waals surface area contributed by atoms with Crippen LogP contribution in [0.15, 0.2) is 24.3 Å². The maximum absolute atomic E-state index is 12.0. The van der Waals surface area contributed by atoms with Gasteiger partial charge in [0.2, 0.25) is 0 Å². The van der Waals surface area contributed by atoms with E-state index in [9.17, 15) is 8.78 Å². The van der Waals surface area contributed by atoms with E-state index in [-0.39, 0.29) is 5.75 Å². The Labute approximate surface area is 93.6 Å². The van der Waals surface area contributed by atoms with Crippen LogP contribution < -0.4 is 10.1 Å². The molecule has 0 saturated heterocycles. The largest absolute Gasteiger partial charge is 0.435 e. The van der Waals surface area contributed by atoms with Crippen molar-refractivity contribution in [1.82, 2.24) is 0 Å². The minimum absolute atomic E-state index is 0.202. The van der Waals surface area contributed by atoms with Crippen LogP contribution in [0.25, 0.3) is 0 Å². The highest BCUT2D eigenvalue weighted by atomic mass is 19.3. The summed E-state index contributed by atoms with van der Waals surface area (Å²) in [5.74, 6) is 0.938. The van der Waals surface area contributed by atoms with Gasteiger partial charge in [-0.05, 0) is 30.9 Å². The van der Waals surface area contributed by atoms with E-state index in [4.69, 9.17) is 0 Å². The lowest BCUT2D eigenvalue weighted by molar-refractivity contribution is -0.0498.